The highest BCUT2D eigenvalue weighted by Crippen LogP contribution is 2.39. The number of benzene rings is 2. The van der Waals surface area contributed by atoms with Crippen LogP contribution < -0.4 is 19.9 Å². The number of nitrogens with one attached hydrogen (secondary N) is 2. The van der Waals surface area contributed by atoms with Crippen LogP contribution in [-0.2, 0) is 9.59 Å². The van der Waals surface area contributed by atoms with Crippen molar-refractivity contribution in [1.82, 2.24) is 5.32 Å². The number of carbonyl (C=O) groups excluding carboxylic acids is 2. The van der Waals surface area contributed by atoms with Gasteiger partial charge < -0.3 is 15.0 Å². The summed E-state index contributed by atoms with van der Waals surface area (Å²) in [5.41, 5.74) is 1.51. The number of fused-ring (bicyclic) bond motifs is 1. The van der Waals surface area contributed by atoms with Gasteiger partial charge in [0, 0.05) is 5.54 Å². The van der Waals surface area contributed by atoms with Gasteiger partial charge in [0.1, 0.15) is 12.4 Å². The Balaban J connectivity index is 1.79. The molecule has 1 heterocycles. The highest BCUT2D eigenvalue weighted by molar-refractivity contribution is 5.97. The molecule has 0 radical (unpaired) electrons. The number of quaternary nitrogens is 1. The predicted octanol–water partition coefficient (Wildman–Crippen LogP) is 1.58. The summed E-state index contributed by atoms with van der Waals surface area (Å²) in [5, 5.41) is 2.95. The Morgan fingerprint density at radius 1 is 1.07 bits per heavy atom. The fraction of sp³-hybridized carbons (Fsp3) is 0.391. The highest BCUT2D eigenvalue weighted by Gasteiger charge is 2.34. The van der Waals surface area contributed by atoms with Gasteiger partial charge in [-0.2, -0.15) is 0 Å². The van der Waals surface area contributed by atoms with Crippen LogP contribution in [0.3, 0.4) is 0 Å². The zero-order chi connectivity index (χ0) is 21.0. The maximum Gasteiger partial charge on any atom is 0.282 e. The molecule has 2 N–H and O–H groups in total. The van der Waals surface area contributed by atoms with E-state index >= 15 is 0 Å². The molecule has 2 aromatic rings. The van der Waals surface area contributed by atoms with E-state index in [0.717, 1.165) is 16.2 Å². The maximum atomic E-state index is 13.3. The molecule has 0 spiro atoms. The van der Waals surface area contributed by atoms with E-state index in [0.29, 0.717) is 12.4 Å². The van der Waals surface area contributed by atoms with E-state index in [-0.39, 0.29) is 36.5 Å². The number of carbonyl (C=O) groups is 2. The van der Waals surface area contributed by atoms with Crippen molar-refractivity contribution in [3.05, 3.63) is 60.2 Å². The molecule has 2 aromatic carbocycles. The summed E-state index contributed by atoms with van der Waals surface area (Å²) in [5.74, 6) is 0.608. The summed E-state index contributed by atoms with van der Waals surface area (Å²) in [6.45, 7) is 6.69. The molecular formula is C23H30N3O3+. The molecule has 6 nitrogen and oxygen atoms in total. The van der Waals surface area contributed by atoms with Crippen molar-refractivity contribution in [3.63, 3.8) is 0 Å². The van der Waals surface area contributed by atoms with Gasteiger partial charge in [-0.05, 0) is 38.5 Å². The number of anilines is 1. The number of amides is 2. The quantitative estimate of drug-likeness (QED) is 0.807. The molecule has 1 unspecified atom stereocenters. The molecule has 0 saturated carbocycles. The summed E-state index contributed by atoms with van der Waals surface area (Å²) >= 11 is 0. The number of para-hydroxylation sites is 2. The van der Waals surface area contributed by atoms with Crippen LogP contribution in [0.4, 0.5) is 5.69 Å². The molecule has 2 atom stereocenters. The molecule has 2 amide bonds. The van der Waals surface area contributed by atoms with Crippen molar-refractivity contribution in [1.29, 1.82) is 0 Å². The second-order valence-corrected chi connectivity index (χ2v) is 8.58. The summed E-state index contributed by atoms with van der Waals surface area (Å²) in [4.78, 5) is 28.2. The van der Waals surface area contributed by atoms with Crippen LogP contribution in [0.25, 0.3) is 0 Å². The fourth-order valence-corrected chi connectivity index (χ4v) is 3.56. The average Bonchev–Trinajstić information content (AvgIpc) is 2.65. The topological polar surface area (TPSA) is 63.1 Å². The number of likely N-dealkylation sites (N-methyl/N-ethyl adjacent to an activating group) is 1. The Hall–Kier alpha value is -2.86. The molecule has 0 aromatic heterocycles. The van der Waals surface area contributed by atoms with Crippen LogP contribution in [-0.4, -0.2) is 44.1 Å². The van der Waals surface area contributed by atoms with Gasteiger partial charge in [-0.15, -0.1) is 0 Å². The number of rotatable bonds is 5. The van der Waals surface area contributed by atoms with E-state index in [1.807, 2.05) is 87.3 Å². The number of hydrogen-bond acceptors (Lipinski definition) is 3. The van der Waals surface area contributed by atoms with Crippen LogP contribution in [0.1, 0.15) is 32.4 Å². The van der Waals surface area contributed by atoms with Crippen LogP contribution in [0.2, 0.25) is 0 Å². The lowest BCUT2D eigenvalue weighted by Crippen LogP contribution is -3.11. The standard InChI is InChI=1S/C23H29N3O3/c1-23(2,3)24-21(27)14-25(4)15-22(28)26-18-12-8-9-13-20(18)29-16-19(26)17-10-6-5-7-11-17/h5-13,19H,14-16H2,1-4H3,(H,24,27)/p+1/t19-/m1/s1. The molecule has 3 rings (SSSR count). The van der Waals surface area contributed by atoms with E-state index in [4.69, 9.17) is 4.74 Å². The molecular weight excluding hydrogens is 366 g/mol. The predicted molar refractivity (Wildman–Crippen MR) is 113 cm³/mol. The summed E-state index contributed by atoms with van der Waals surface area (Å²) in [6, 6.07) is 17.3. The Kier molecular flexibility index (Phi) is 6.23. The van der Waals surface area contributed by atoms with Crippen molar-refractivity contribution in [2.24, 2.45) is 0 Å². The van der Waals surface area contributed by atoms with Gasteiger partial charge in [0.2, 0.25) is 0 Å². The second kappa shape index (κ2) is 8.66. The van der Waals surface area contributed by atoms with Crippen molar-refractivity contribution in [2.75, 3.05) is 31.6 Å². The van der Waals surface area contributed by atoms with Gasteiger partial charge in [0.15, 0.2) is 13.1 Å². The first-order valence-corrected chi connectivity index (χ1v) is 9.96. The molecule has 0 saturated heterocycles. The maximum absolute atomic E-state index is 13.3. The van der Waals surface area contributed by atoms with Crippen molar-refractivity contribution >= 4 is 17.5 Å². The lowest BCUT2D eigenvalue weighted by atomic mass is 10.0. The molecule has 0 bridgehead atoms. The lowest BCUT2D eigenvalue weighted by molar-refractivity contribution is -0.862. The molecule has 6 heteroatoms. The monoisotopic (exact) mass is 396 g/mol. The molecule has 0 aliphatic carbocycles. The van der Waals surface area contributed by atoms with Crippen molar-refractivity contribution < 1.29 is 19.2 Å². The number of hydrogen-bond donors (Lipinski definition) is 2. The third kappa shape index (κ3) is 5.35. The fourth-order valence-electron chi connectivity index (χ4n) is 3.56. The van der Waals surface area contributed by atoms with Gasteiger partial charge in [-0.3, -0.25) is 14.5 Å². The van der Waals surface area contributed by atoms with E-state index in [1.54, 1.807) is 0 Å². The van der Waals surface area contributed by atoms with Crippen LogP contribution in [0, 0.1) is 0 Å². The first kappa shape index (κ1) is 20.9. The third-order valence-electron chi connectivity index (χ3n) is 4.72. The van der Waals surface area contributed by atoms with Crippen molar-refractivity contribution in [3.8, 4) is 5.75 Å². The molecule has 1 aliphatic heterocycles. The van der Waals surface area contributed by atoms with Gasteiger partial charge in [0.05, 0.1) is 18.8 Å². The summed E-state index contributed by atoms with van der Waals surface area (Å²) in [7, 11) is 1.87. The first-order valence-electron chi connectivity index (χ1n) is 9.96. The molecule has 29 heavy (non-hydrogen) atoms. The van der Waals surface area contributed by atoms with Crippen molar-refractivity contribution in [2.45, 2.75) is 32.4 Å². The largest absolute Gasteiger partial charge is 0.489 e. The summed E-state index contributed by atoms with van der Waals surface area (Å²) in [6.07, 6.45) is 0. The SMILES string of the molecule is C[NH+](CC(=O)NC(C)(C)C)CC(=O)N1c2ccccc2OC[C@@H]1c1ccccc1. The molecule has 0 fully saturated rings. The Bertz CT molecular complexity index is 861. The Morgan fingerprint density at radius 3 is 2.41 bits per heavy atom. The highest BCUT2D eigenvalue weighted by atomic mass is 16.5. The minimum Gasteiger partial charge on any atom is -0.489 e. The zero-order valence-corrected chi connectivity index (χ0v) is 17.6. The van der Waals surface area contributed by atoms with E-state index in [2.05, 4.69) is 5.32 Å². The average molecular weight is 397 g/mol. The normalized spacial score (nSPS) is 17.1. The molecule has 154 valence electrons. The zero-order valence-electron chi connectivity index (χ0n) is 17.6. The van der Waals surface area contributed by atoms with Gasteiger partial charge in [0.25, 0.3) is 11.8 Å². The second-order valence-electron chi connectivity index (χ2n) is 8.58. The Labute approximate surface area is 172 Å². The minimum atomic E-state index is -0.289. The number of nitrogens with zero attached hydrogens (tertiary/aromatic N) is 1. The summed E-state index contributed by atoms with van der Waals surface area (Å²) < 4.78 is 5.93. The van der Waals surface area contributed by atoms with Gasteiger partial charge in [-0.25, -0.2) is 0 Å². The van der Waals surface area contributed by atoms with Crippen LogP contribution >= 0.6 is 0 Å². The third-order valence-corrected chi connectivity index (χ3v) is 4.72. The van der Waals surface area contributed by atoms with Crippen LogP contribution in [0.15, 0.2) is 54.6 Å². The minimum absolute atomic E-state index is 0.0318. The van der Waals surface area contributed by atoms with E-state index in [1.165, 1.54) is 0 Å². The molecule has 1 aliphatic rings. The first-order chi connectivity index (χ1) is 13.7. The smallest absolute Gasteiger partial charge is 0.282 e. The number of ether oxygens (including phenoxy) is 1. The van der Waals surface area contributed by atoms with E-state index < -0.39 is 0 Å². The van der Waals surface area contributed by atoms with Gasteiger partial charge in [-0.1, -0.05) is 42.5 Å². The van der Waals surface area contributed by atoms with E-state index in [9.17, 15) is 9.59 Å². The lowest BCUT2D eigenvalue weighted by Gasteiger charge is -2.37. The van der Waals surface area contributed by atoms with Crippen LogP contribution in [0.5, 0.6) is 5.75 Å². The Morgan fingerprint density at radius 2 is 1.72 bits per heavy atom. The van der Waals surface area contributed by atoms with Gasteiger partial charge >= 0.3 is 0 Å².